The fourth-order valence-corrected chi connectivity index (χ4v) is 1.37. The van der Waals surface area contributed by atoms with Gasteiger partial charge in [-0.25, -0.2) is 0 Å². The van der Waals surface area contributed by atoms with Crippen LogP contribution < -0.4 is 0 Å². The first-order valence-corrected chi connectivity index (χ1v) is 5.23. The second kappa shape index (κ2) is 3.41. The van der Waals surface area contributed by atoms with E-state index in [4.69, 9.17) is 0 Å². The Labute approximate surface area is 87.3 Å². The van der Waals surface area contributed by atoms with Crippen LogP contribution in [-0.2, 0) is 12.0 Å². The molecule has 80 valence electrons. The molecule has 2 heteroatoms. The molecule has 0 atom stereocenters. The highest BCUT2D eigenvalue weighted by molar-refractivity contribution is 5.02. The second-order valence-corrected chi connectivity index (χ2v) is 6.16. The summed E-state index contributed by atoms with van der Waals surface area (Å²) in [4.78, 5) is 0. The fourth-order valence-electron chi connectivity index (χ4n) is 1.37. The van der Waals surface area contributed by atoms with Gasteiger partial charge in [0.1, 0.15) is 0 Å². The molecule has 0 fully saturated rings. The molecule has 0 aliphatic carbocycles. The quantitative estimate of drug-likeness (QED) is 0.671. The molecule has 0 N–H and O–H groups in total. The van der Waals surface area contributed by atoms with E-state index in [9.17, 15) is 0 Å². The molecule has 0 bridgehead atoms. The zero-order valence-electron chi connectivity index (χ0n) is 10.3. The molecule has 1 heterocycles. The van der Waals surface area contributed by atoms with Crippen molar-refractivity contribution in [1.29, 1.82) is 0 Å². The zero-order valence-corrected chi connectivity index (χ0v) is 10.3. The Balaban J connectivity index is 2.79. The Morgan fingerprint density at radius 1 is 1.14 bits per heavy atom. The topological polar surface area (TPSA) is 17.8 Å². The molecule has 0 radical (unpaired) electrons. The van der Waals surface area contributed by atoms with Gasteiger partial charge in [-0.05, 0) is 38.7 Å². The maximum Gasteiger partial charge on any atom is 0.0630 e. The Kier molecular flexibility index (Phi) is 2.75. The molecule has 0 aromatic carbocycles. The van der Waals surface area contributed by atoms with E-state index in [0.717, 1.165) is 6.42 Å². The molecule has 0 aliphatic rings. The van der Waals surface area contributed by atoms with Crippen LogP contribution in [0.25, 0.3) is 0 Å². The SMILES string of the molecule is CC(C)(C)Cc1ccn(C(C)(C)C)n1. The minimum Gasteiger partial charge on any atom is -0.267 e. The molecule has 1 aromatic rings. The van der Waals surface area contributed by atoms with E-state index in [1.807, 2.05) is 4.68 Å². The van der Waals surface area contributed by atoms with Crippen LogP contribution >= 0.6 is 0 Å². The van der Waals surface area contributed by atoms with Crippen LogP contribution in [0, 0.1) is 5.41 Å². The molecule has 14 heavy (non-hydrogen) atoms. The summed E-state index contributed by atoms with van der Waals surface area (Å²) >= 11 is 0. The first-order valence-electron chi connectivity index (χ1n) is 5.23. The minimum absolute atomic E-state index is 0.0934. The molecule has 0 unspecified atom stereocenters. The van der Waals surface area contributed by atoms with Crippen molar-refractivity contribution in [2.75, 3.05) is 0 Å². The second-order valence-electron chi connectivity index (χ2n) is 6.16. The van der Waals surface area contributed by atoms with Gasteiger partial charge in [0.2, 0.25) is 0 Å². The summed E-state index contributed by atoms with van der Waals surface area (Å²) in [6, 6.07) is 2.12. The summed E-state index contributed by atoms with van der Waals surface area (Å²) in [7, 11) is 0. The summed E-state index contributed by atoms with van der Waals surface area (Å²) in [5.74, 6) is 0. The van der Waals surface area contributed by atoms with E-state index in [0.29, 0.717) is 5.41 Å². The Bertz CT molecular complexity index is 297. The summed E-state index contributed by atoms with van der Waals surface area (Å²) in [5, 5.41) is 4.58. The molecule has 1 aromatic heterocycles. The molecular weight excluding hydrogens is 172 g/mol. The smallest absolute Gasteiger partial charge is 0.0630 e. The van der Waals surface area contributed by atoms with Gasteiger partial charge < -0.3 is 0 Å². The van der Waals surface area contributed by atoms with Gasteiger partial charge in [-0.15, -0.1) is 0 Å². The lowest BCUT2D eigenvalue weighted by Crippen LogP contribution is -2.22. The lowest BCUT2D eigenvalue weighted by atomic mass is 9.91. The van der Waals surface area contributed by atoms with Gasteiger partial charge in [0.05, 0.1) is 11.2 Å². The van der Waals surface area contributed by atoms with Crippen LogP contribution in [0.4, 0.5) is 0 Å². The van der Waals surface area contributed by atoms with Gasteiger partial charge >= 0.3 is 0 Å². The maximum atomic E-state index is 4.58. The normalized spacial score (nSPS) is 13.3. The van der Waals surface area contributed by atoms with Gasteiger partial charge in [-0.3, -0.25) is 4.68 Å². The summed E-state index contributed by atoms with van der Waals surface area (Å²) in [5.41, 5.74) is 1.60. The summed E-state index contributed by atoms with van der Waals surface area (Å²) < 4.78 is 2.04. The molecule has 0 saturated carbocycles. The lowest BCUT2D eigenvalue weighted by Gasteiger charge is -2.20. The molecule has 1 rings (SSSR count). The predicted molar refractivity (Wildman–Crippen MR) is 60.4 cm³/mol. The average molecular weight is 194 g/mol. The third kappa shape index (κ3) is 3.17. The van der Waals surface area contributed by atoms with Crippen molar-refractivity contribution < 1.29 is 0 Å². The Morgan fingerprint density at radius 2 is 1.71 bits per heavy atom. The van der Waals surface area contributed by atoms with E-state index >= 15 is 0 Å². The molecule has 0 saturated heterocycles. The first kappa shape index (κ1) is 11.3. The van der Waals surface area contributed by atoms with Crippen LogP contribution in [0.1, 0.15) is 47.2 Å². The van der Waals surface area contributed by atoms with Crippen molar-refractivity contribution in [3.63, 3.8) is 0 Å². The standard InChI is InChI=1S/C12H22N2/c1-11(2,3)9-10-7-8-14(13-10)12(4,5)6/h7-8H,9H2,1-6H3. The minimum atomic E-state index is 0.0934. The van der Waals surface area contributed by atoms with Crippen LogP contribution in [0.2, 0.25) is 0 Å². The molecular formula is C12H22N2. The number of hydrogen-bond acceptors (Lipinski definition) is 1. The van der Waals surface area contributed by atoms with Crippen LogP contribution in [0.5, 0.6) is 0 Å². The third-order valence-corrected chi connectivity index (χ3v) is 2.04. The average Bonchev–Trinajstić information content (AvgIpc) is 2.29. The van der Waals surface area contributed by atoms with E-state index < -0.39 is 0 Å². The number of hydrogen-bond donors (Lipinski definition) is 0. The largest absolute Gasteiger partial charge is 0.267 e. The maximum absolute atomic E-state index is 4.58. The van der Waals surface area contributed by atoms with E-state index in [1.165, 1.54) is 5.69 Å². The van der Waals surface area contributed by atoms with Crippen molar-refractivity contribution >= 4 is 0 Å². The van der Waals surface area contributed by atoms with Gasteiger partial charge in [0, 0.05) is 6.20 Å². The highest BCUT2D eigenvalue weighted by Crippen LogP contribution is 2.20. The van der Waals surface area contributed by atoms with Crippen molar-refractivity contribution in [1.82, 2.24) is 9.78 Å². The lowest BCUT2D eigenvalue weighted by molar-refractivity contribution is 0.345. The summed E-state index contributed by atoms with van der Waals surface area (Å²) in [6.45, 7) is 13.2. The molecule has 0 aliphatic heterocycles. The summed E-state index contributed by atoms with van der Waals surface area (Å²) in [6.07, 6.45) is 3.11. The monoisotopic (exact) mass is 194 g/mol. The van der Waals surface area contributed by atoms with Gasteiger partial charge in [-0.2, -0.15) is 5.10 Å². The van der Waals surface area contributed by atoms with E-state index in [-0.39, 0.29) is 5.54 Å². The van der Waals surface area contributed by atoms with Crippen LogP contribution in [0.3, 0.4) is 0 Å². The molecule has 0 amide bonds. The number of nitrogens with zero attached hydrogens (tertiary/aromatic N) is 2. The van der Waals surface area contributed by atoms with Gasteiger partial charge in [0.15, 0.2) is 0 Å². The van der Waals surface area contributed by atoms with Gasteiger partial charge in [-0.1, -0.05) is 20.8 Å². The predicted octanol–water partition coefficient (Wildman–Crippen LogP) is 3.23. The van der Waals surface area contributed by atoms with E-state index in [2.05, 4.69) is 58.9 Å². The van der Waals surface area contributed by atoms with E-state index in [1.54, 1.807) is 0 Å². The fraction of sp³-hybridized carbons (Fsp3) is 0.750. The van der Waals surface area contributed by atoms with Crippen molar-refractivity contribution in [2.24, 2.45) is 5.41 Å². The number of aromatic nitrogens is 2. The third-order valence-electron chi connectivity index (χ3n) is 2.04. The van der Waals surface area contributed by atoms with Gasteiger partial charge in [0.25, 0.3) is 0 Å². The first-order chi connectivity index (χ1) is 6.18. The Hall–Kier alpha value is -0.790. The molecule has 0 spiro atoms. The van der Waals surface area contributed by atoms with Crippen molar-refractivity contribution in [3.05, 3.63) is 18.0 Å². The van der Waals surface area contributed by atoms with Crippen molar-refractivity contribution in [2.45, 2.75) is 53.5 Å². The zero-order chi connectivity index (χ0) is 11.0. The Morgan fingerprint density at radius 3 is 2.07 bits per heavy atom. The van der Waals surface area contributed by atoms with Crippen molar-refractivity contribution in [3.8, 4) is 0 Å². The highest BCUT2D eigenvalue weighted by atomic mass is 15.3. The van der Waals surface area contributed by atoms with Crippen LogP contribution in [0.15, 0.2) is 12.3 Å². The highest BCUT2D eigenvalue weighted by Gasteiger charge is 2.17. The van der Waals surface area contributed by atoms with Crippen LogP contribution in [-0.4, -0.2) is 9.78 Å². The molecule has 2 nitrogen and oxygen atoms in total. The number of rotatable bonds is 1.